The van der Waals surface area contributed by atoms with E-state index in [1.165, 1.54) is 0 Å². The van der Waals surface area contributed by atoms with Gasteiger partial charge in [0.05, 0.1) is 12.3 Å². The number of nitrogens with one attached hydrogen (secondary N) is 1. The molecule has 2 heterocycles. The first-order valence-electron chi connectivity index (χ1n) is 5.53. The van der Waals surface area contributed by atoms with Gasteiger partial charge in [-0.2, -0.15) is 10.4 Å². The number of aromatic nitrogens is 2. The number of aliphatic hydroxyl groups is 1. The van der Waals surface area contributed by atoms with Gasteiger partial charge in [0.2, 0.25) is 0 Å². The second-order valence-electron chi connectivity index (χ2n) is 4.42. The predicted octanol–water partition coefficient (Wildman–Crippen LogP) is 0.163. The van der Waals surface area contributed by atoms with Gasteiger partial charge < -0.3 is 15.2 Å². The normalized spacial score (nSPS) is 23.6. The van der Waals surface area contributed by atoms with Crippen molar-refractivity contribution in [2.24, 2.45) is 7.05 Å². The molecule has 0 amide bonds. The Morgan fingerprint density at radius 1 is 1.71 bits per heavy atom. The van der Waals surface area contributed by atoms with E-state index in [9.17, 15) is 5.11 Å². The standard InChI is InChI=1S/C11H16N4O2/c1-8-9(5-12)10(15(2)14-8)13-6-11(16)3-4-17-7-11/h13,16H,3-4,6-7H2,1-2H3. The van der Waals surface area contributed by atoms with Gasteiger partial charge >= 0.3 is 0 Å². The summed E-state index contributed by atoms with van der Waals surface area (Å²) in [5, 5.41) is 26.4. The van der Waals surface area contributed by atoms with Gasteiger partial charge in [0.25, 0.3) is 0 Å². The Bertz CT molecular complexity index is 455. The number of anilines is 1. The molecule has 1 fully saturated rings. The van der Waals surface area contributed by atoms with Gasteiger partial charge in [0, 0.05) is 26.6 Å². The van der Waals surface area contributed by atoms with Crippen molar-refractivity contribution in [1.29, 1.82) is 5.26 Å². The van der Waals surface area contributed by atoms with Crippen LogP contribution in [0, 0.1) is 18.3 Å². The molecule has 0 radical (unpaired) electrons. The van der Waals surface area contributed by atoms with E-state index in [1.54, 1.807) is 18.7 Å². The van der Waals surface area contributed by atoms with Crippen LogP contribution in [0.4, 0.5) is 5.82 Å². The summed E-state index contributed by atoms with van der Waals surface area (Å²) in [6, 6.07) is 2.11. The van der Waals surface area contributed by atoms with E-state index in [1.807, 2.05) is 0 Å². The molecule has 0 bridgehead atoms. The van der Waals surface area contributed by atoms with Gasteiger partial charge in [0.15, 0.2) is 0 Å². The smallest absolute Gasteiger partial charge is 0.142 e. The highest BCUT2D eigenvalue weighted by Gasteiger charge is 2.32. The first kappa shape index (κ1) is 11.9. The molecule has 2 N–H and O–H groups in total. The maximum atomic E-state index is 10.1. The fraction of sp³-hybridized carbons (Fsp3) is 0.636. The van der Waals surface area contributed by atoms with Gasteiger partial charge in [-0.3, -0.25) is 4.68 Å². The second-order valence-corrected chi connectivity index (χ2v) is 4.42. The molecule has 0 spiro atoms. The highest BCUT2D eigenvalue weighted by Crippen LogP contribution is 2.22. The number of ether oxygens (including phenoxy) is 1. The maximum Gasteiger partial charge on any atom is 0.142 e. The van der Waals surface area contributed by atoms with Crippen LogP contribution < -0.4 is 5.32 Å². The Kier molecular flexibility index (Phi) is 3.05. The van der Waals surface area contributed by atoms with Crippen LogP contribution in [0.5, 0.6) is 0 Å². The van der Waals surface area contributed by atoms with Crippen molar-refractivity contribution in [2.75, 3.05) is 25.1 Å². The topological polar surface area (TPSA) is 83.1 Å². The molecule has 1 aromatic rings. The molecule has 1 saturated heterocycles. The fourth-order valence-corrected chi connectivity index (χ4v) is 1.98. The fourth-order valence-electron chi connectivity index (χ4n) is 1.98. The van der Waals surface area contributed by atoms with Crippen LogP contribution >= 0.6 is 0 Å². The Labute approximate surface area is 99.8 Å². The number of hydrogen-bond donors (Lipinski definition) is 2. The van der Waals surface area contributed by atoms with Gasteiger partial charge in [-0.25, -0.2) is 0 Å². The van der Waals surface area contributed by atoms with Crippen LogP contribution in [0.15, 0.2) is 0 Å². The zero-order valence-corrected chi connectivity index (χ0v) is 10.0. The molecule has 0 aromatic carbocycles. The summed E-state index contributed by atoms with van der Waals surface area (Å²) in [5.74, 6) is 0.644. The summed E-state index contributed by atoms with van der Waals surface area (Å²) in [7, 11) is 1.77. The molecule has 0 aliphatic carbocycles. The average molecular weight is 236 g/mol. The van der Waals surface area contributed by atoms with Crippen LogP contribution in [0.3, 0.4) is 0 Å². The van der Waals surface area contributed by atoms with Crippen LogP contribution in [0.2, 0.25) is 0 Å². The highest BCUT2D eigenvalue weighted by atomic mass is 16.5. The van der Waals surface area contributed by atoms with Crippen molar-refractivity contribution < 1.29 is 9.84 Å². The van der Waals surface area contributed by atoms with Gasteiger partial charge in [0.1, 0.15) is 23.1 Å². The van der Waals surface area contributed by atoms with Crippen LogP contribution in [0.1, 0.15) is 17.7 Å². The molecule has 0 saturated carbocycles. The highest BCUT2D eigenvalue weighted by molar-refractivity contribution is 5.55. The van der Waals surface area contributed by atoms with Crippen LogP contribution in [0.25, 0.3) is 0 Å². The molecule has 6 heteroatoms. The minimum absolute atomic E-state index is 0.332. The lowest BCUT2D eigenvalue weighted by Gasteiger charge is -2.21. The molecular weight excluding hydrogens is 220 g/mol. The van der Waals surface area contributed by atoms with E-state index < -0.39 is 5.60 Å². The third kappa shape index (κ3) is 2.25. The zero-order valence-electron chi connectivity index (χ0n) is 10.0. The Hall–Kier alpha value is -1.58. The summed E-state index contributed by atoms with van der Waals surface area (Å²) in [5.41, 5.74) is 0.368. The number of rotatable bonds is 3. The van der Waals surface area contributed by atoms with E-state index in [2.05, 4.69) is 16.5 Å². The molecule has 17 heavy (non-hydrogen) atoms. The maximum absolute atomic E-state index is 10.1. The minimum Gasteiger partial charge on any atom is -0.386 e. The molecule has 6 nitrogen and oxygen atoms in total. The number of hydrogen-bond acceptors (Lipinski definition) is 5. The molecule has 92 valence electrons. The minimum atomic E-state index is -0.842. The number of nitrogens with zero attached hydrogens (tertiary/aromatic N) is 3. The predicted molar refractivity (Wildman–Crippen MR) is 61.5 cm³/mol. The van der Waals surface area contributed by atoms with Gasteiger partial charge in [-0.1, -0.05) is 0 Å². The quantitative estimate of drug-likeness (QED) is 0.781. The Morgan fingerprint density at radius 2 is 2.47 bits per heavy atom. The summed E-state index contributed by atoms with van der Waals surface area (Å²) in [4.78, 5) is 0. The van der Waals surface area contributed by atoms with Crippen molar-refractivity contribution in [3.63, 3.8) is 0 Å². The lowest BCUT2D eigenvalue weighted by atomic mass is 10.0. The summed E-state index contributed by atoms with van der Waals surface area (Å²) < 4.78 is 6.78. The van der Waals surface area contributed by atoms with Crippen LogP contribution in [-0.4, -0.2) is 40.2 Å². The average Bonchev–Trinajstić information content (AvgIpc) is 2.81. The first-order chi connectivity index (χ1) is 8.06. The molecule has 1 aliphatic rings. The monoisotopic (exact) mass is 236 g/mol. The molecular formula is C11H16N4O2. The third-order valence-corrected chi connectivity index (χ3v) is 3.00. The van der Waals surface area contributed by atoms with Gasteiger partial charge in [-0.05, 0) is 6.92 Å². The van der Waals surface area contributed by atoms with E-state index in [4.69, 9.17) is 10.00 Å². The van der Waals surface area contributed by atoms with E-state index in [0.717, 1.165) is 0 Å². The Morgan fingerprint density at radius 3 is 3.06 bits per heavy atom. The SMILES string of the molecule is Cc1nn(C)c(NCC2(O)CCOC2)c1C#N. The summed E-state index contributed by atoms with van der Waals surface area (Å²) in [6.45, 7) is 3.06. The van der Waals surface area contributed by atoms with E-state index in [-0.39, 0.29) is 0 Å². The molecule has 1 atom stereocenters. The second kappa shape index (κ2) is 4.35. The van der Waals surface area contributed by atoms with E-state index >= 15 is 0 Å². The lowest BCUT2D eigenvalue weighted by Crippen LogP contribution is -2.37. The largest absolute Gasteiger partial charge is 0.386 e. The van der Waals surface area contributed by atoms with Crippen molar-refractivity contribution >= 4 is 5.82 Å². The first-order valence-corrected chi connectivity index (χ1v) is 5.53. The molecule has 1 unspecified atom stereocenters. The lowest BCUT2D eigenvalue weighted by molar-refractivity contribution is 0.0381. The zero-order chi connectivity index (χ0) is 12.5. The van der Waals surface area contributed by atoms with Crippen LogP contribution in [-0.2, 0) is 11.8 Å². The number of nitriles is 1. The molecule has 1 aliphatic heterocycles. The molecule has 1 aromatic heterocycles. The van der Waals surface area contributed by atoms with Crippen molar-refractivity contribution in [3.8, 4) is 6.07 Å². The summed E-state index contributed by atoms with van der Waals surface area (Å²) >= 11 is 0. The van der Waals surface area contributed by atoms with Crippen molar-refractivity contribution in [2.45, 2.75) is 18.9 Å². The Balaban J connectivity index is 2.11. The van der Waals surface area contributed by atoms with Gasteiger partial charge in [-0.15, -0.1) is 0 Å². The van der Waals surface area contributed by atoms with E-state index in [0.29, 0.717) is 43.3 Å². The van der Waals surface area contributed by atoms with Crippen molar-refractivity contribution in [1.82, 2.24) is 9.78 Å². The molecule has 2 rings (SSSR count). The third-order valence-electron chi connectivity index (χ3n) is 3.00. The van der Waals surface area contributed by atoms with Crippen molar-refractivity contribution in [3.05, 3.63) is 11.3 Å². The summed E-state index contributed by atoms with van der Waals surface area (Å²) in [6.07, 6.45) is 0.610. The number of aryl methyl sites for hydroxylation is 2.